The standard InChI is InChI=1S/C26H33N3O6/c1-4-17(2)24(35-16-18-11-7-5-8-12-18)21-23(29(33)34)22(19-13-9-6-10-14-19)28-26(21,3)25(32)27-15-20(30)31/h5-14,17,21-24,28H,4,15-16H2,1-3H3,(H,27,32)(H,30,31)/t17-,21+,22-,23-,24-,26-/m0/s1. The van der Waals surface area contributed by atoms with Crippen molar-refractivity contribution in [2.24, 2.45) is 11.8 Å². The van der Waals surface area contributed by atoms with Crippen molar-refractivity contribution in [3.05, 3.63) is 81.9 Å². The Morgan fingerprint density at radius 2 is 1.77 bits per heavy atom. The summed E-state index contributed by atoms with van der Waals surface area (Å²) in [6, 6.07) is 16.6. The van der Waals surface area contributed by atoms with Gasteiger partial charge in [0.2, 0.25) is 11.9 Å². The largest absolute Gasteiger partial charge is 0.480 e. The first kappa shape index (κ1) is 26.3. The van der Waals surface area contributed by atoms with Crippen molar-refractivity contribution in [2.45, 2.75) is 57.5 Å². The third-order valence-electron chi connectivity index (χ3n) is 6.95. The van der Waals surface area contributed by atoms with E-state index in [1.807, 2.05) is 50.2 Å². The average molecular weight is 484 g/mol. The summed E-state index contributed by atoms with van der Waals surface area (Å²) in [6.45, 7) is 5.19. The van der Waals surface area contributed by atoms with Gasteiger partial charge in [0, 0.05) is 4.92 Å². The summed E-state index contributed by atoms with van der Waals surface area (Å²) in [7, 11) is 0. The van der Waals surface area contributed by atoms with Crippen molar-refractivity contribution in [3.8, 4) is 0 Å². The highest BCUT2D eigenvalue weighted by Crippen LogP contribution is 2.45. The Labute approximate surface area is 205 Å². The second kappa shape index (κ2) is 11.4. The molecule has 0 bridgehead atoms. The van der Waals surface area contributed by atoms with Crippen molar-refractivity contribution in [1.29, 1.82) is 0 Å². The van der Waals surface area contributed by atoms with E-state index in [2.05, 4.69) is 10.6 Å². The van der Waals surface area contributed by atoms with Crippen LogP contribution >= 0.6 is 0 Å². The summed E-state index contributed by atoms with van der Waals surface area (Å²) in [5.74, 6) is -2.77. The third kappa shape index (κ3) is 5.86. The molecule has 0 radical (unpaired) electrons. The fraction of sp³-hybridized carbons (Fsp3) is 0.462. The number of amides is 1. The Morgan fingerprint density at radius 3 is 2.31 bits per heavy atom. The lowest BCUT2D eigenvalue weighted by atomic mass is 9.74. The van der Waals surface area contributed by atoms with Crippen molar-refractivity contribution in [2.75, 3.05) is 6.54 Å². The lowest BCUT2D eigenvalue weighted by Crippen LogP contribution is -2.60. The molecule has 2 aromatic carbocycles. The number of carbonyl (C=O) groups excluding carboxylic acids is 1. The first-order valence-electron chi connectivity index (χ1n) is 11.8. The second-order valence-electron chi connectivity index (χ2n) is 9.26. The van der Waals surface area contributed by atoms with Gasteiger partial charge in [-0.05, 0) is 24.0 Å². The third-order valence-corrected chi connectivity index (χ3v) is 6.95. The van der Waals surface area contributed by atoms with E-state index >= 15 is 0 Å². The molecule has 188 valence electrons. The smallest absolute Gasteiger partial charge is 0.322 e. The van der Waals surface area contributed by atoms with Gasteiger partial charge in [-0.1, -0.05) is 80.9 Å². The molecule has 35 heavy (non-hydrogen) atoms. The molecule has 1 amide bonds. The fourth-order valence-corrected chi connectivity index (χ4v) is 4.95. The van der Waals surface area contributed by atoms with Crippen LogP contribution in [0.3, 0.4) is 0 Å². The van der Waals surface area contributed by atoms with Gasteiger partial charge in [0.05, 0.1) is 18.6 Å². The van der Waals surface area contributed by atoms with Crippen molar-refractivity contribution < 1.29 is 24.4 Å². The van der Waals surface area contributed by atoms with Crippen LogP contribution in [0.25, 0.3) is 0 Å². The van der Waals surface area contributed by atoms with Gasteiger partial charge in [0.25, 0.3) is 0 Å². The molecule has 0 unspecified atom stereocenters. The summed E-state index contributed by atoms with van der Waals surface area (Å²) >= 11 is 0. The zero-order valence-electron chi connectivity index (χ0n) is 20.2. The molecule has 1 heterocycles. The minimum absolute atomic E-state index is 0.103. The molecule has 9 heteroatoms. The predicted octanol–water partition coefficient (Wildman–Crippen LogP) is 3.18. The van der Waals surface area contributed by atoms with Crippen molar-refractivity contribution in [1.82, 2.24) is 10.6 Å². The molecule has 0 aliphatic carbocycles. The van der Waals surface area contributed by atoms with Crippen LogP contribution < -0.4 is 10.6 Å². The quantitative estimate of drug-likeness (QED) is 0.330. The van der Waals surface area contributed by atoms with Crippen molar-refractivity contribution >= 4 is 11.9 Å². The van der Waals surface area contributed by atoms with Gasteiger partial charge in [0.1, 0.15) is 18.1 Å². The molecule has 2 aromatic rings. The van der Waals surface area contributed by atoms with Gasteiger partial charge in [-0.2, -0.15) is 0 Å². The maximum absolute atomic E-state index is 13.4. The van der Waals surface area contributed by atoms with E-state index < -0.39 is 48.1 Å². The molecule has 0 saturated carbocycles. The lowest BCUT2D eigenvalue weighted by molar-refractivity contribution is -0.536. The Balaban J connectivity index is 2.06. The zero-order valence-corrected chi connectivity index (χ0v) is 20.2. The zero-order chi connectivity index (χ0) is 25.6. The predicted molar refractivity (Wildman–Crippen MR) is 130 cm³/mol. The number of carboxylic acid groups (broad SMARTS) is 1. The van der Waals surface area contributed by atoms with Crippen LogP contribution in [0.5, 0.6) is 0 Å². The number of nitrogens with one attached hydrogen (secondary N) is 2. The molecular formula is C26H33N3O6. The highest BCUT2D eigenvalue weighted by Gasteiger charge is 2.64. The van der Waals surface area contributed by atoms with Crippen LogP contribution in [0.4, 0.5) is 0 Å². The first-order chi connectivity index (χ1) is 16.7. The van der Waals surface area contributed by atoms with Crippen LogP contribution in [-0.4, -0.2) is 46.1 Å². The number of benzene rings is 2. The van der Waals surface area contributed by atoms with Crippen LogP contribution in [0, 0.1) is 22.0 Å². The molecule has 6 atom stereocenters. The summed E-state index contributed by atoms with van der Waals surface area (Å²) in [5.41, 5.74) is 0.152. The Bertz CT molecular complexity index is 1020. The Morgan fingerprint density at radius 1 is 1.17 bits per heavy atom. The number of carbonyl (C=O) groups is 2. The van der Waals surface area contributed by atoms with Gasteiger partial charge in [-0.25, -0.2) is 0 Å². The highest BCUT2D eigenvalue weighted by molar-refractivity contribution is 5.89. The lowest BCUT2D eigenvalue weighted by Gasteiger charge is -2.37. The van der Waals surface area contributed by atoms with Gasteiger partial charge in [0.15, 0.2) is 0 Å². The molecule has 0 aromatic heterocycles. The van der Waals surface area contributed by atoms with Crippen LogP contribution in [0.2, 0.25) is 0 Å². The summed E-state index contributed by atoms with van der Waals surface area (Å²) in [4.78, 5) is 36.7. The normalized spacial score (nSPS) is 25.5. The Hall–Kier alpha value is -3.30. The summed E-state index contributed by atoms with van der Waals surface area (Å²) in [6.07, 6.45) is 0.0424. The van der Waals surface area contributed by atoms with E-state index in [0.717, 1.165) is 5.56 Å². The maximum atomic E-state index is 13.4. The van der Waals surface area contributed by atoms with E-state index in [1.165, 1.54) is 0 Å². The molecule has 3 rings (SSSR count). The number of rotatable bonds is 11. The number of hydrogen-bond donors (Lipinski definition) is 3. The fourth-order valence-electron chi connectivity index (χ4n) is 4.95. The number of nitro groups is 1. The number of carboxylic acids is 1. The monoisotopic (exact) mass is 483 g/mol. The first-order valence-corrected chi connectivity index (χ1v) is 11.8. The molecule has 1 fully saturated rings. The van der Waals surface area contributed by atoms with E-state index in [4.69, 9.17) is 9.84 Å². The van der Waals surface area contributed by atoms with E-state index in [-0.39, 0.29) is 17.4 Å². The van der Waals surface area contributed by atoms with Crippen LogP contribution in [0.15, 0.2) is 60.7 Å². The summed E-state index contributed by atoms with van der Waals surface area (Å²) in [5, 5.41) is 27.3. The molecule has 1 saturated heterocycles. The molecule has 0 spiro atoms. The van der Waals surface area contributed by atoms with Gasteiger partial charge >= 0.3 is 5.97 Å². The van der Waals surface area contributed by atoms with Crippen LogP contribution in [0.1, 0.15) is 44.4 Å². The topological polar surface area (TPSA) is 131 Å². The molecular weight excluding hydrogens is 450 g/mol. The van der Waals surface area contributed by atoms with Crippen molar-refractivity contribution in [3.63, 3.8) is 0 Å². The number of nitrogens with zero attached hydrogens (tertiary/aromatic N) is 1. The van der Waals surface area contributed by atoms with E-state index in [0.29, 0.717) is 12.0 Å². The van der Waals surface area contributed by atoms with Gasteiger partial charge < -0.3 is 15.2 Å². The van der Waals surface area contributed by atoms with Gasteiger partial charge in [-0.15, -0.1) is 0 Å². The number of ether oxygens (including phenoxy) is 1. The molecule has 1 aliphatic rings. The molecule has 1 aliphatic heterocycles. The van der Waals surface area contributed by atoms with Gasteiger partial charge in [-0.3, -0.25) is 25.0 Å². The minimum Gasteiger partial charge on any atom is -0.480 e. The average Bonchev–Trinajstić information content (AvgIpc) is 3.18. The number of hydrogen-bond acceptors (Lipinski definition) is 6. The van der Waals surface area contributed by atoms with E-state index in [9.17, 15) is 19.7 Å². The number of aliphatic carboxylic acids is 1. The van der Waals surface area contributed by atoms with E-state index in [1.54, 1.807) is 31.2 Å². The molecule has 9 nitrogen and oxygen atoms in total. The Kier molecular flexibility index (Phi) is 8.58. The minimum atomic E-state index is -1.45. The highest BCUT2D eigenvalue weighted by atomic mass is 16.6. The van der Waals surface area contributed by atoms with Crippen LogP contribution in [-0.2, 0) is 20.9 Å². The summed E-state index contributed by atoms with van der Waals surface area (Å²) < 4.78 is 6.36. The SMILES string of the molecule is CC[C@H](C)[C@H](OCc1ccccc1)[C@H]1[C@H]([N+](=O)[O-])[C@H](c2ccccc2)N[C@]1(C)C(=O)NCC(=O)O. The second-order valence-corrected chi connectivity index (χ2v) is 9.26. The maximum Gasteiger partial charge on any atom is 0.322 e. The molecule has 3 N–H and O–H groups in total.